The molecule has 0 aliphatic rings. The van der Waals surface area contributed by atoms with Crippen molar-refractivity contribution < 1.29 is 28.9 Å². The van der Waals surface area contributed by atoms with Gasteiger partial charge in [0, 0.05) is 31.5 Å². The van der Waals surface area contributed by atoms with Gasteiger partial charge in [0.05, 0.1) is 32.7 Å². The number of aliphatic hydroxyl groups excluding tert-OH is 1. The first kappa shape index (κ1) is 48.8. The van der Waals surface area contributed by atoms with E-state index in [-0.39, 0.29) is 44.4 Å². The maximum Gasteiger partial charge on any atom is 0.307 e. The molecule has 8 heteroatoms. The fraction of sp³-hybridized carbons (Fsp3) is 0.952. The van der Waals surface area contributed by atoms with E-state index in [2.05, 4.69) is 114 Å². The maximum atomic E-state index is 12.8. The predicted molar refractivity (Wildman–Crippen MR) is 209 cm³/mol. The van der Waals surface area contributed by atoms with Gasteiger partial charge in [-0.1, -0.05) is 110 Å². The Kier molecular flexibility index (Phi) is 21.6. The first-order chi connectivity index (χ1) is 22.8. The van der Waals surface area contributed by atoms with Crippen LogP contribution in [0.5, 0.6) is 0 Å². The van der Waals surface area contributed by atoms with E-state index in [4.69, 9.17) is 14.2 Å². The zero-order chi connectivity index (χ0) is 38.9. The lowest BCUT2D eigenvalue weighted by Crippen LogP contribution is -2.35. The smallest absolute Gasteiger partial charge is 0.307 e. The Balaban J connectivity index is 5.00. The second-order valence-electron chi connectivity index (χ2n) is 20.0. The Labute approximate surface area is 309 Å². The molecule has 0 aliphatic heterocycles. The number of aliphatic hydroxyl groups is 1. The first-order valence-electron chi connectivity index (χ1n) is 19.8. The topological polar surface area (TPSA) is 97.3 Å². The van der Waals surface area contributed by atoms with Crippen LogP contribution in [-0.4, -0.2) is 80.8 Å². The molecule has 0 bridgehead atoms. The molecule has 8 nitrogen and oxygen atoms in total. The highest BCUT2D eigenvalue weighted by atomic mass is 16.6. The fourth-order valence-corrected chi connectivity index (χ4v) is 7.26. The molecule has 2 N–H and O–H groups in total. The van der Waals surface area contributed by atoms with Crippen LogP contribution >= 0.6 is 0 Å². The van der Waals surface area contributed by atoms with Crippen molar-refractivity contribution in [3.63, 3.8) is 0 Å². The summed E-state index contributed by atoms with van der Waals surface area (Å²) in [5, 5.41) is 14.2. The normalized spacial score (nSPS) is 16.2. The van der Waals surface area contributed by atoms with Gasteiger partial charge in [-0.15, -0.1) is 0 Å². The van der Waals surface area contributed by atoms with Gasteiger partial charge in [0.25, 0.3) is 0 Å². The Morgan fingerprint density at radius 1 is 0.620 bits per heavy atom. The van der Waals surface area contributed by atoms with Crippen molar-refractivity contribution in [1.29, 1.82) is 0 Å². The third-order valence-electron chi connectivity index (χ3n) is 10.0. The maximum absolute atomic E-state index is 12.8. The molecule has 0 aromatic carbocycles. The van der Waals surface area contributed by atoms with Gasteiger partial charge in [0.15, 0.2) is 6.29 Å². The van der Waals surface area contributed by atoms with Crippen molar-refractivity contribution in [2.45, 2.75) is 174 Å². The second-order valence-corrected chi connectivity index (χ2v) is 20.0. The van der Waals surface area contributed by atoms with E-state index < -0.39 is 6.29 Å². The lowest BCUT2D eigenvalue weighted by molar-refractivity contribution is -0.148. The van der Waals surface area contributed by atoms with Crippen LogP contribution in [0.2, 0.25) is 0 Å². The van der Waals surface area contributed by atoms with Crippen LogP contribution in [0.3, 0.4) is 0 Å². The van der Waals surface area contributed by atoms with Crippen LogP contribution in [0, 0.1) is 32.5 Å². The van der Waals surface area contributed by atoms with Gasteiger partial charge >= 0.3 is 11.9 Å². The highest BCUT2D eigenvalue weighted by Crippen LogP contribution is 2.38. The molecule has 50 heavy (non-hydrogen) atoms. The summed E-state index contributed by atoms with van der Waals surface area (Å²) in [6.07, 6.45) is 7.14. The Morgan fingerprint density at radius 3 is 1.66 bits per heavy atom. The third-order valence-corrected chi connectivity index (χ3v) is 10.0. The molecule has 3 atom stereocenters. The van der Waals surface area contributed by atoms with Crippen molar-refractivity contribution >= 4 is 11.9 Å². The Morgan fingerprint density at radius 2 is 1.14 bits per heavy atom. The van der Waals surface area contributed by atoms with Gasteiger partial charge in [-0.2, -0.15) is 0 Å². The summed E-state index contributed by atoms with van der Waals surface area (Å²) in [4.78, 5) is 27.5. The lowest BCUT2D eigenvalue weighted by Gasteiger charge is -2.35. The van der Waals surface area contributed by atoms with Crippen molar-refractivity contribution in [2.24, 2.45) is 32.5 Å². The quantitative estimate of drug-likeness (QED) is 0.0494. The van der Waals surface area contributed by atoms with Gasteiger partial charge in [0.1, 0.15) is 0 Å². The molecule has 0 aromatic rings. The van der Waals surface area contributed by atoms with E-state index in [9.17, 15) is 14.7 Å². The highest BCUT2D eigenvalue weighted by Gasteiger charge is 2.32. The van der Waals surface area contributed by atoms with Crippen LogP contribution in [0.4, 0.5) is 0 Å². The summed E-state index contributed by atoms with van der Waals surface area (Å²) in [5.41, 5.74) is 0.472. The molecular formula is C42H84N2O6. The SMILES string of the molecule is CCC(C)(C)CC(C)(C)COC(=O)CCN(CCCNCCC(=O)OCC(C)(CC)CC(C)(C)C)CCC(O)OCC(C)(CC)CC(C)(C)C. The summed E-state index contributed by atoms with van der Waals surface area (Å²) in [7, 11) is 0. The van der Waals surface area contributed by atoms with Gasteiger partial charge in [-0.25, -0.2) is 0 Å². The van der Waals surface area contributed by atoms with Gasteiger partial charge in [-0.05, 0) is 78.7 Å². The zero-order valence-corrected chi connectivity index (χ0v) is 35.7. The number of esters is 2. The summed E-state index contributed by atoms with van der Waals surface area (Å²) in [5.74, 6) is -0.350. The number of carbonyl (C=O) groups excluding carboxylic acids is 2. The predicted octanol–water partition coefficient (Wildman–Crippen LogP) is 9.42. The average Bonchev–Trinajstić information content (AvgIpc) is 2.98. The third kappa shape index (κ3) is 24.9. The molecule has 298 valence electrons. The number of hydrogen-bond donors (Lipinski definition) is 2. The minimum Gasteiger partial charge on any atom is -0.465 e. The number of ether oxygens (including phenoxy) is 3. The second kappa shape index (κ2) is 22.1. The van der Waals surface area contributed by atoms with Crippen molar-refractivity contribution in [3.8, 4) is 0 Å². The van der Waals surface area contributed by atoms with E-state index in [1.54, 1.807) is 0 Å². The van der Waals surface area contributed by atoms with Gasteiger partial charge < -0.3 is 29.5 Å². The van der Waals surface area contributed by atoms with Crippen LogP contribution in [0.1, 0.15) is 168 Å². The molecule has 0 amide bonds. The first-order valence-corrected chi connectivity index (χ1v) is 19.8. The van der Waals surface area contributed by atoms with Crippen LogP contribution in [-0.2, 0) is 23.8 Å². The number of nitrogens with zero attached hydrogens (tertiary/aromatic N) is 1. The molecule has 0 rings (SSSR count). The van der Waals surface area contributed by atoms with E-state index in [0.29, 0.717) is 58.7 Å². The summed E-state index contributed by atoms with van der Waals surface area (Å²) in [6.45, 7) is 37.8. The molecule has 0 saturated carbocycles. The lowest BCUT2D eigenvalue weighted by atomic mass is 9.74. The number of nitrogens with one attached hydrogen (secondary N) is 1. The summed E-state index contributed by atoms with van der Waals surface area (Å²) < 4.78 is 17.4. The molecule has 0 spiro atoms. The minimum absolute atomic E-state index is 0.00295. The van der Waals surface area contributed by atoms with E-state index in [1.165, 1.54) is 0 Å². The van der Waals surface area contributed by atoms with E-state index in [1.807, 2.05) is 0 Å². The van der Waals surface area contributed by atoms with Crippen molar-refractivity contribution in [3.05, 3.63) is 0 Å². The largest absolute Gasteiger partial charge is 0.465 e. The Hall–Kier alpha value is -1.22. The standard InChI is InChI=1S/C42H84N2O6/c1-16-39(10,11)30-40(12,13)31-48-35(46)21-26-44(27-22-36(47)50-33-42(15,18-3)29-38(7,8)9)25-19-23-43-24-20-34(45)49-32-41(14,17-2)28-37(4,5)6/h36,43,47H,16-33H2,1-15H3. The van der Waals surface area contributed by atoms with Crippen molar-refractivity contribution in [1.82, 2.24) is 10.2 Å². The number of rotatable bonds is 27. The van der Waals surface area contributed by atoms with Crippen LogP contribution in [0.25, 0.3) is 0 Å². The van der Waals surface area contributed by atoms with Gasteiger partial charge in [0.2, 0.25) is 0 Å². The molecule has 0 aromatic heterocycles. The molecule has 0 radical (unpaired) electrons. The van der Waals surface area contributed by atoms with Gasteiger partial charge in [-0.3, -0.25) is 9.59 Å². The zero-order valence-electron chi connectivity index (χ0n) is 35.7. The van der Waals surface area contributed by atoms with E-state index in [0.717, 1.165) is 58.0 Å². The van der Waals surface area contributed by atoms with Crippen molar-refractivity contribution in [2.75, 3.05) is 52.5 Å². The minimum atomic E-state index is -0.861. The fourth-order valence-electron chi connectivity index (χ4n) is 7.26. The number of hydrogen-bond acceptors (Lipinski definition) is 8. The molecule has 0 heterocycles. The molecular weight excluding hydrogens is 628 g/mol. The molecule has 0 saturated heterocycles. The summed E-state index contributed by atoms with van der Waals surface area (Å²) >= 11 is 0. The summed E-state index contributed by atoms with van der Waals surface area (Å²) in [6, 6.07) is 0. The average molecular weight is 713 g/mol. The van der Waals surface area contributed by atoms with Crippen LogP contribution in [0.15, 0.2) is 0 Å². The monoisotopic (exact) mass is 713 g/mol. The highest BCUT2D eigenvalue weighted by molar-refractivity contribution is 5.69. The molecule has 0 fully saturated rings. The number of carbonyl (C=O) groups is 2. The van der Waals surface area contributed by atoms with E-state index >= 15 is 0 Å². The molecule has 0 aliphatic carbocycles. The molecule has 3 unspecified atom stereocenters. The Bertz CT molecular complexity index is 953. The van der Waals surface area contributed by atoms with Crippen LogP contribution < -0.4 is 5.32 Å².